The maximum absolute atomic E-state index is 13.0. The summed E-state index contributed by atoms with van der Waals surface area (Å²) >= 11 is 0. The molecule has 2 saturated carbocycles. The molecule has 2 heterocycles. The molecule has 14 heteroatoms. The zero-order chi connectivity index (χ0) is 42.0. The first-order valence-electron chi connectivity index (χ1n) is 21.0. The average Bonchev–Trinajstić information content (AvgIpc) is 3.19. The zero-order valence-electron chi connectivity index (χ0n) is 35.2. The number of carbonyl (C=O) groups excluding carboxylic acids is 4. The molecule has 0 spiro atoms. The summed E-state index contributed by atoms with van der Waals surface area (Å²) in [5.41, 5.74) is 0.207. The molecule has 0 unspecified atom stereocenters. The number of rotatable bonds is 6. The number of piperazine rings is 2. The molecule has 12 nitrogen and oxygen atoms in total. The van der Waals surface area contributed by atoms with Gasteiger partial charge in [-0.15, -0.1) is 0 Å². The Balaban J connectivity index is 0.000000221. The first-order valence-corrected chi connectivity index (χ1v) is 21.0. The molecule has 2 saturated heterocycles. The van der Waals surface area contributed by atoms with Crippen LogP contribution in [-0.4, -0.2) is 119 Å². The van der Waals surface area contributed by atoms with Crippen molar-refractivity contribution in [2.45, 2.75) is 116 Å². The van der Waals surface area contributed by atoms with Crippen molar-refractivity contribution in [1.29, 1.82) is 0 Å². The van der Waals surface area contributed by atoms with Crippen molar-refractivity contribution in [2.75, 3.05) is 63.0 Å². The molecular formula is C44H64F2N6O6. The zero-order valence-corrected chi connectivity index (χ0v) is 35.2. The number of amides is 4. The van der Waals surface area contributed by atoms with E-state index in [0.717, 1.165) is 77.5 Å². The number of esters is 2. The minimum Gasteiger partial charge on any atom is -0.460 e. The minimum atomic E-state index is -0.476. The van der Waals surface area contributed by atoms with Gasteiger partial charge in [-0.25, -0.2) is 18.4 Å². The number of nitrogens with one attached hydrogen (secondary N) is 2. The average molecular weight is 811 g/mol. The minimum absolute atomic E-state index is 0.0948. The summed E-state index contributed by atoms with van der Waals surface area (Å²) < 4.78 is 37.4. The van der Waals surface area contributed by atoms with E-state index in [9.17, 15) is 28.0 Å². The number of anilines is 2. The summed E-state index contributed by atoms with van der Waals surface area (Å²) in [7, 11) is 0. The van der Waals surface area contributed by atoms with Gasteiger partial charge in [-0.1, -0.05) is 25.7 Å². The predicted octanol–water partition coefficient (Wildman–Crippen LogP) is 7.75. The number of hydrogen-bond acceptors (Lipinski definition) is 8. The molecular weight excluding hydrogens is 747 g/mol. The van der Waals surface area contributed by atoms with E-state index in [-0.39, 0.29) is 59.6 Å². The summed E-state index contributed by atoms with van der Waals surface area (Å²) in [5, 5.41) is 5.63. The van der Waals surface area contributed by atoms with Crippen molar-refractivity contribution in [2.24, 2.45) is 11.8 Å². The molecule has 4 aliphatic rings. The highest BCUT2D eigenvalue weighted by Gasteiger charge is 2.40. The molecule has 4 atom stereocenters. The quantitative estimate of drug-likeness (QED) is 0.284. The molecule has 2 aromatic rings. The number of benzene rings is 2. The molecule has 0 aromatic heterocycles. The standard InChI is InChI=1S/2C22H32FN3O3/c2*1-22(2,3)29-20(27)18-6-4-5-7-19(18)25-12-14-26(15-13-25)21(28)24-17-10-8-16(23)9-11-17/h2*8-11,18-19H,4-7,12-15H2,1-3H3,(H,24,28)/t2*18-,19-/m11/s1. The van der Waals surface area contributed by atoms with Crippen molar-refractivity contribution in [3.05, 3.63) is 60.2 Å². The van der Waals surface area contributed by atoms with Gasteiger partial charge in [-0.05, 0) is 116 Å². The van der Waals surface area contributed by atoms with Crippen LogP contribution in [0.15, 0.2) is 48.5 Å². The van der Waals surface area contributed by atoms with Crippen molar-refractivity contribution in [3.63, 3.8) is 0 Å². The first kappa shape index (κ1) is 44.8. The van der Waals surface area contributed by atoms with Gasteiger partial charge < -0.3 is 29.9 Å². The molecule has 0 bridgehead atoms. The summed E-state index contributed by atoms with van der Waals surface area (Å²) in [6.45, 7) is 16.8. The van der Waals surface area contributed by atoms with E-state index in [4.69, 9.17) is 9.47 Å². The van der Waals surface area contributed by atoms with Crippen molar-refractivity contribution in [1.82, 2.24) is 19.6 Å². The van der Waals surface area contributed by atoms with Crippen LogP contribution in [0.5, 0.6) is 0 Å². The topological polar surface area (TPSA) is 124 Å². The maximum atomic E-state index is 13.0. The van der Waals surface area contributed by atoms with Gasteiger partial charge in [0.05, 0.1) is 11.8 Å². The van der Waals surface area contributed by atoms with Crippen LogP contribution in [0.2, 0.25) is 0 Å². The fourth-order valence-corrected chi connectivity index (χ4v) is 8.39. The number of hydrogen-bond donors (Lipinski definition) is 2. The highest BCUT2D eigenvalue weighted by atomic mass is 19.1. The SMILES string of the molecule is CC(C)(C)OC(=O)[C@@H]1CCCC[C@H]1N1CCN(C(=O)Nc2ccc(F)cc2)CC1.CC(C)(C)OC(=O)[C@@H]1CCCC[C@H]1N1CCN(C(=O)Nc2ccc(F)cc2)CC1. The van der Waals surface area contributed by atoms with Gasteiger partial charge >= 0.3 is 24.0 Å². The van der Waals surface area contributed by atoms with E-state index in [2.05, 4.69) is 20.4 Å². The van der Waals surface area contributed by atoms with Crippen molar-refractivity contribution >= 4 is 35.4 Å². The Morgan fingerprint density at radius 2 is 0.828 bits per heavy atom. The normalized spacial score (nSPS) is 23.5. The molecule has 320 valence electrons. The third-order valence-electron chi connectivity index (χ3n) is 11.2. The molecule has 6 rings (SSSR count). The van der Waals surface area contributed by atoms with E-state index < -0.39 is 11.2 Å². The highest BCUT2D eigenvalue weighted by Crippen LogP contribution is 2.33. The van der Waals surface area contributed by atoms with Crippen LogP contribution in [-0.2, 0) is 19.1 Å². The fourth-order valence-electron chi connectivity index (χ4n) is 8.39. The molecule has 0 radical (unpaired) electrons. The molecule has 4 fully saturated rings. The van der Waals surface area contributed by atoms with E-state index in [1.165, 1.54) is 24.3 Å². The number of urea groups is 2. The van der Waals surface area contributed by atoms with Gasteiger partial charge in [0, 0.05) is 75.8 Å². The third kappa shape index (κ3) is 13.4. The van der Waals surface area contributed by atoms with E-state index in [0.29, 0.717) is 37.6 Å². The number of carbonyl (C=O) groups is 4. The molecule has 58 heavy (non-hydrogen) atoms. The van der Waals surface area contributed by atoms with Crippen LogP contribution < -0.4 is 10.6 Å². The van der Waals surface area contributed by atoms with Gasteiger partial charge in [0.2, 0.25) is 0 Å². The molecule has 2 aliphatic heterocycles. The van der Waals surface area contributed by atoms with Gasteiger partial charge in [0.25, 0.3) is 0 Å². The molecule has 2 N–H and O–H groups in total. The first-order chi connectivity index (χ1) is 27.5. The smallest absolute Gasteiger partial charge is 0.321 e. The lowest BCUT2D eigenvalue weighted by Gasteiger charge is -2.43. The largest absolute Gasteiger partial charge is 0.460 e. The van der Waals surface area contributed by atoms with Crippen LogP contribution >= 0.6 is 0 Å². The Morgan fingerprint density at radius 3 is 1.14 bits per heavy atom. The van der Waals surface area contributed by atoms with Gasteiger partial charge in [-0.2, -0.15) is 0 Å². The van der Waals surface area contributed by atoms with Crippen LogP contribution in [0.1, 0.15) is 92.9 Å². The summed E-state index contributed by atoms with van der Waals surface area (Å²) in [6, 6.07) is 11.5. The molecule has 2 aromatic carbocycles. The lowest BCUT2D eigenvalue weighted by Crippen LogP contribution is -2.56. The van der Waals surface area contributed by atoms with Crippen LogP contribution in [0.4, 0.5) is 29.7 Å². The number of nitrogens with zero attached hydrogens (tertiary/aromatic N) is 4. The highest BCUT2D eigenvalue weighted by molar-refractivity contribution is 5.90. The van der Waals surface area contributed by atoms with Gasteiger partial charge in [0.15, 0.2) is 0 Å². The third-order valence-corrected chi connectivity index (χ3v) is 11.2. The monoisotopic (exact) mass is 810 g/mol. The second kappa shape index (κ2) is 20.1. The number of ether oxygens (including phenoxy) is 2. The second-order valence-corrected chi connectivity index (χ2v) is 17.9. The second-order valence-electron chi connectivity index (χ2n) is 17.9. The Bertz CT molecular complexity index is 1540. The number of halogens is 2. The summed E-state index contributed by atoms with van der Waals surface area (Å²) in [4.78, 5) is 58.6. The molecule has 2 aliphatic carbocycles. The Morgan fingerprint density at radius 1 is 0.517 bits per heavy atom. The van der Waals surface area contributed by atoms with E-state index in [1.54, 1.807) is 34.1 Å². The molecule has 4 amide bonds. The van der Waals surface area contributed by atoms with Gasteiger partial charge in [-0.3, -0.25) is 19.4 Å². The van der Waals surface area contributed by atoms with Crippen molar-refractivity contribution in [3.8, 4) is 0 Å². The van der Waals surface area contributed by atoms with Crippen LogP contribution in [0.3, 0.4) is 0 Å². The fraction of sp³-hybridized carbons (Fsp3) is 0.636. The Labute approximate surface area is 342 Å². The lowest BCUT2D eigenvalue weighted by atomic mass is 9.83. The van der Waals surface area contributed by atoms with Crippen LogP contribution in [0.25, 0.3) is 0 Å². The summed E-state index contributed by atoms with van der Waals surface area (Å²) in [5.74, 6) is -1.05. The van der Waals surface area contributed by atoms with Gasteiger partial charge in [0.1, 0.15) is 22.8 Å². The van der Waals surface area contributed by atoms with E-state index >= 15 is 0 Å². The Hall–Kier alpha value is -4.30. The lowest BCUT2D eigenvalue weighted by molar-refractivity contribution is -0.165. The Kier molecular flexibility index (Phi) is 15.5. The predicted molar refractivity (Wildman–Crippen MR) is 220 cm³/mol. The maximum Gasteiger partial charge on any atom is 0.321 e. The summed E-state index contributed by atoms with van der Waals surface area (Å²) in [6.07, 6.45) is 8.07. The van der Waals surface area contributed by atoms with E-state index in [1.807, 2.05) is 41.5 Å². The van der Waals surface area contributed by atoms with Crippen LogP contribution in [0, 0.1) is 23.5 Å². The van der Waals surface area contributed by atoms with Crippen molar-refractivity contribution < 1.29 is 37.4 Å².